The van der Waals surface area contributed by atoms with Gasteiger partial charge in [-0.25, -0.2) is 13.2 Å². The van der Waals surface area contributed by atoms with E-state index in [9.17, 15) is 18.0 Å². The maximum atomic E-state index is 12.6. The fourth-order valence-corrected chi connectivity index (χ4v) is 3.85. The largest absolute Gasteiger partial charge is 0.497 e. The highest BCUT2D eigenvalue weighted by Gasteiger charge is 2.16. The Bertz CT molecular complexity index is 1210. The van der Waals surface area contributed by atoms with Gasteiger partial charge in [-0.1, -0.05) is 6.07 Å². The third-order valence-corrected chi connectivity index (χ3v) is 5.80. The molecular formula is C23H22N2O6S. The van der Waals surface area contributed by atoms with E-state index >= 15 is 0 Å². The SMILES string of the molecule is CCOC(=O)c1ccc(NC(=O)c2cccc(NS(=O)(=O)c3ccc(OC)cc3)c2)cc1. The molecule has 0 saturated carbocycles. The number of ether oxygens (including phenoxy) is 2. The molecule has 0 radical (unpaired) electrons. The summed E-state index contributed by atoms with van der Waals surface area (Å²) in [6.07, 6.45) is 0. The second-order valence-corrected chi connectivity index (χ2v) is 8.30. The Morgan fingerprint density at radius 2 is 1.56 bits per heavy atom. The van der Waals surface area contributed by atoms with Crippen molar-refractivity contribution in [1.82, 2.24) is 0 Å². The number of anilines is 2. The zero-order valence-electron chi connectivity index (χ0n) is 17.5. The van der Waals surface area contributed by atoms with E-state index in [0.717, 1.165) is 0 Å². The fourth-order valence-electron chi connectivity index (χ4n) is 2.80. The van der Waals surface area contributed by atoms with Gasteiger partial charge < -0.3 is 14.8 Å². The second kappa shape index (κ2) is 9.97. The van der Waals surface area contributed by atoms with Gasteiger partial charge in [-0.3, -0.25) is 9.52 Å². The maximum Gasteiger partial charge on any atom is 0.338 e. The average molecular weight is 455 g/mol. The number of hydrogen-bond acceptors (Lipinski definition) is 6. The van der Waals surface area contributed by atoms with Crippen LogP contribution in [0.3, 0.4) is 0 Å². The Kier molecular flexibility index (Phi) is 7.11. The quantitative estimate of drug-likeness (QED) is 0.499. The molecule has 0 aliphatic carbocycles. The summed E-state index contributed by atoms with van der Waals surface area (Å²) in [7, 11) is -2.35. The Balaban J connectivity index is 1.71. The van der Waals surface area contributed by atoms with Crippen molar-refractivity contribution in [3.8, 4) is 5.75 Å². The van der Waals surface area contributed by atoms with Gasteiger partial charge in [0.1, 0.15) is 5.75 Å². The first-order chi connectivity index (χ1) is 15.3. The van der Waals surface area contributed by atoms with Crippen LogP contribution in [-0.2, 0) is 14.8 Å². The second-order valence-electron chi connectivity index (χ2n) is 6.61. The van der Waals surface area contributed by atoms with Crippen LogP contribution >= 0.6 is 0 Å². The summed E-state index contributed by atoms with van der Waals surface area (Å²) < 4.78 is 37.7. The van der Waals surface area contributed by atoms with E-state index in [4.69, 9.17) is 9.47 Å². The summed E-state index contributed by atoms with van der Waals surface area (Å²) in [5, 5.41) is 2.71. The predicted molar refractivity (Wildman–Crippen MR) is 121 cm³/mol. The van der Waals surface area contributed by atoms with E-state index in [0.29, 0.717) is 17.0 Å². The lowest BCUT2D eigenvalue weighted by atomic mass is 10.1. The minimum atomic E-state index is -3.84. The molecule has 3 rings (SSSR count). The van der Waals surface area contributed by atoms with Crippen LogP contribution in [-0.4, -0.2) is 34.0 Å². The smallest absolute Gasteiger partial charge is 0.338 e. The summed E-state index contributed by atoms with van der Waals surface area (Å²) in [6.45, 7) is 1.99. The predicted octanol–water partition coefficient (Wildman–Crippen LogP) is 3.93. The summed E-state index contributed by atoms with van der Waals surface area (Å²) in [4.78, 5) is 24.4. The molecule has 0 heterocycles. The van der Waals surface area contributed by atoms with E-state index < -0.39 is 21.9 Å². The van der Waals surface area contributed by atoms with Crippen molar-refractivity contribution in [2.45, 2.75) is 11.8 Å². The molecule has 0 spiro atoms. The molecule has 0 aromatic heterocycles. The first-order valence-electron chi connectivity index (χ1n) is 9.68. The normalized spacial score (nSPS) is 10.8. The van der Waals surface area contributed by atoms with E-state index in [1.54, 1.807) is 61.5 Å². The van der Waals surface area contributed by atoms with Crippen LogP contribution in [0.15, 0.2) is 77.7 Å². The van der Waals surface area contributed by atoms with Crippen molar-refractivity contribution < 1.29 is 27.5 Å². The van der Waals surface area contributed by atoms with Gasteiger partial charge in [0.05, 0.1) is 24.2 Å². The zero-order valence-corrected chi connectivity index (χ0v) is 18.3. The third-order valence-electron chi connectivity index (χ3n) is 4.40. The van der Waals surface area contributed by atoms with Crippen LogP contribution in [0.2, 0.25) is 0 Å². The molecule has 0 atom stereocenters. The first-order valence-corrected chi connectivity index (χ1v) is 11.2. The highest BCUT2D eigenvalue weighted by Crippen LogP contribution is 2.20. The monoisotopic (exact) mass is 454 g/mol. The van der Waals surface area contributed by atoms with Gasteiger partial charge in [0.25, 0.3) is 15.9 Å². The summed E-state index contributed by atoms with van der Waals surface area (Å²) in [6, 6.07) is 18.3. The summed E-state index contributed by atoms with van der Waals surface area (Å²) >= 11 is 0. The zero-order chi connectivity index (χ0) is 23.1. The lowest BCUT2D eigenvalue weighted by Crippen LogP contribution is -2.15. The molecular weight excluding hydrogens is 432 g/mol. The summed E-state index contributed by atoms with van der Waals surface area (Å²) in [5.41, 5.74) is 1.35. The van der Waals surface area contributed by atoms with E-state index in [1.807, 2.05) is 0 Å². The molecule has 2 N–H and O–H groups in total. The number of esters is 1. The number of benzene rings is 3. The van der Waals surface area contributed by atoms with Crippen molar-refractivity contribution in [1.29, 1.82) is 0 Å². The minimum absolute atomic E-state index is 0.0647. The van der Waals surface area contributed by atoms with Gasteiger partial charge in [0.2, 0.25) is 0 Å². The van der Waals surface area contributed by atoms with Gasteiger partial charge in [-0.05, 0) is 73.7 Å². The van der Waals surface area contributed by atoms with E-state index in [-0.39, 0.29) is 22.8 Å². The maximum absolute atomic E-state index is 12.6. The molecule has 3 aromatic rings. The van der Waals surface area contributed by atoms with Crippen molar-refractivity contribution in [2.75, 3.05) is 23.8 Å². The topological polar surface area (TPSA) is 111 Å². The van der Waals surface area contributed by atoms with Crippen molar-refractivity contribution in [3.05, 3.63) is 83.9 Å². The van der Waals surface area contributed by atoms with Gasteiger partial charge in [0, 0.05) is 16.9 Å². The van der Waals surface area contributed by atoms with Crippen LogP contribution in [0.5, 0.6) is 5.75 Å². The molecule has 0 aliphatic heterocycles. The molecule has 0 saturated heterocycles. The van der Waals surface area contributed by atoms with Crippen LogP contribution in [0.1, 0.15) is 27.6 Å². The van der Waals surface area contributed by atoms with E-state index in [1.165, 1.54) is 25.3 Å². The van der Waals surface area contributed by atoms with Gasteiger partial charge in [0.15, 0.2) is 0 Å². The molecule has 166 valence electrons. The lowest BCUT2D eigenvalue weighted by Gasteiger charge is -2.11. The molecule has 32 heavy (non-hydrogen) atoms. The van der Waals surface area contributed by atoms with Crippen molar-refractivity contribution in [2.24, 2.45) is 0 Å². The highest BCUT2D eigenvalue weighted by atomic mass is 32.2. The number of carbonyl (C=O) groups excluding carboxylic acids is 2. The number of hydrogen-bond donors (Lipinski definition) is 2. The van der Waals surface area contributed by atoms with Crippen LogP contribution in [0.4, 0.5) is 11.4 Å². The lowest BCUT2D eigenvalue weighted by molar-refractivity contribution is 0.0526. The number of nitrogens with one attached hydrogen (secondary N) is 2. The van der Waals surface area contributed by atoms with Gasteiger partial charge in [-0.15, -0.1) is 0 Å². The highest BCUT2D eigenvalue weighted by molar-refractivity contribution is 7.92. The molecule has 9 heteroatoms. The number of amides is 1. The van der Waals surface area contributed by atoms with Gasteiger partial charge in [-0.2, -0.15) is 0 Å². The molecule has 0 fully saturated rings. The molecule has 3 aromatic carbocycles. The third kappa shape index (κ3) is 5.64. The first kappa shape index (κ1) is 22.8. The Hall–Kier alpha value is -3.85. The summed E-state index contributed by atoms with van der Waals surface area (Å²) in [5.74, 6) is -0.334. The van der Waals surface area contributed by atoms with Crippen molar-refractivity contribution in [3.63, 3.8) is 0 Å². The number of sulfonamides is 1. The molecule has 0 unspecified atom stereocenters. The molecule has 0 bridgehead atoms. The molecule has 0 aliphatic rings. The number of carbonyl (C=O) groups is 2. The van der Waals surface area contributed by atoms with Crippen LogP contribution < -0.4 is 14.8 Å². The Morgan fingerprint density at radius 1 is 0.875 bits per heavy atom. The molecule has 8 nitrogen and oxygen atoms in total. The van der Waals surface area contributed by atoms with Crippen molar-refractivity contribution >= 4 is 33.3 Å². The van der Waals surface area contributed by atoms with Crippen LogP contribution in [0.25, 0.3) is 0 Å². The van der Waals surface area contributed by atoms with E-state index in [2.05, 4.69) is 10.0 Å². The fraction of sp³-hybridized carbons (Fsp3) is 0.130. The van der Waals surface area contributed by atoms with Gasteiger partial charge >= 0.3 is 5.97 Å². The Labute approximate surface area is 186 Å². The minimum Gasteiger partial charge on any atom is -0.497 e. The Morgan fingerprint density at radius 3 is 2.19 bits per heavy atom. The number of rotatable bonds is 8. The van der Waals surface area contributed by atoms with Crippen LogP contribution in [0, 0.1) is 0 Å². The molecule has 1 amide bonds. The average Bonchev–Trinajstić information content (AvgIpc) is 2.79. The number of methoxy groups -OCH3 is 1. The standard InChI is InChI=1S/C23H22N2O6S/c1-3-31-23(27)16-7-9-18(10-8-16)24-22(26)17-5-4-6-19(15-17)25-32(28,29)21-13-11-20(30-2)12-14-21/h4-15,25H,3H2,1-2H3,(H,24,26).